The zero-order valence-corrected chi connectivity index (χ0v) is 9.59. The van der Waals surface area contributed by atoms with E-state index in [1.54, 1.807) is 0 Å². The first-order chi connectivity index (χ1) is 6.86. The lowest BCUT2D eigenvalue weighted by Gasteiger charge is -2.15. The molecule has 3 heteroatoms. The van der Waals surface area contributed by atoms with Crippen molar-refractivity contribution in [2.45, 2.75) is 12.5 Å². The molecule has 0 radical (unpaired) electrons. The molecule has 0 aromatic heterocycles. The summed E-state index contributed by atoms with van der Waals surface area (Å²) in [6.07, 6.45) is 1.32. The number of halogens is 1. The summed E-state index contributed by atoms with van der Waals surface area (Å²) in [6.45, 7) is 2.84. The van der Waals surface area contributed by atoms with Gasteiger partial charge in [0, 0.05) is 17.6 Å². The largest absolute Gasteiger partial charge is 0.372 e. The van der Waals surface area contributed by atoms with Crippen molar-refractivity contribution in [1.82, 2.24) is 5.32 Å². The molecule has 0 amide bonds. The Labute approximate surface area is 92.8 Å². The summed E-state index contributed by atoms with van der Waals surface area (Å²) in [5.74, 6) is 0. The van der Waals surface area contributed by atoms with Gasteiger partial charge in [0.1, 0.15) is 0 Å². The van der Waals surface area contributed by atoms with Gasteiger partial charge >= 0.3 is 0 Å². The van der Waals surface area contributed by atoms with E-state index >= 15 is 0 Å². The van der Waals surface area contributed by atoms with E-state index in [-0.39, 0.29) is 6.10 Å². The predicted molar refractivity (Wildman–Crippen MR) is 60.3 cm³/mol. The highest BCUT2D eigenvalue weighted by Gasteiger charge is 2.13. The fraction of sp³-hybridized carbons (Fsp3) is 0.455. The van der Waals surface area contributed by atoms with Gasteiger partial charge in [-0.05, 0) is 30.7 Å². The van der Waals surface area contributed by atoms with Crippen LogP contribution in [0.2, 0.25) is 0 Å². The third kappa shape index (κ3) is 2.56. The third-order valence-electron chi connectivity index (χ3n) is 2.39. The molecule has 2 rings (SSSR count). The number of rotatable bonds is 1. The van der Waals surface area contributed by atoms with E-state index in [2.05, 4.69) is 45.5 Å². The van der Waals surface area contributed by atoms with E-state index < -0.39 is 0 Å². The summed E-state index contributed by atoms with van der Waals surface area (Å²) in [4.78, 5) is 0. The zero-order valence-electron chi connectivity index (χ0n) is 8.00. The summed E-state index contributed by atoms with van der Waals surface area (Å²) in [7, 11) is 0. The van der Waals surface area contributed by atoms with Gasteiger partial charge in [-0.2, -0.15) is 0 Å². The Bertz CT molecular complexity index is 278. The van der Waals surface area contributed by atoms with Crippen molar-refractivity contribution in [2.24, 2.45) is 0 Å². The van der Waals surface area contributed by atoms with Crippen molar-refractivity contribution >= 4 is 15.9 Å². The smallest absolute Gasteiger partial charge is 0.0949 e. The van der Waals surface area contributed by atoms with Gasteiger partial charge < -0.3 is 10.1 Å². The summed E-state index contributed by atoms with van der Waals surface area (Å²) < 4.78 is 6.86. The minimum absolute atomic E-state index is 0.214. The van der Waals surface area contributed by atoms with Gasteiger partial charge in [0.25, 0.3) is 0 Å². The molecule has 1 atom stereocenters. The fourth-order valence-corrected chi connectivity index (χ4v) is 1.87. The second-order valence-electron chi connectivity index (χ2n) is 3.47. The molecule has 14 heavy (non-hydrogen) atoms. The molecule has 1 saturated heterocycles. The molecule has 1 heterocycles. The minimum Gasteiger partial charge on any atom is -0.372 e. The molecule has 0 saturated carbocycles. The van der Waals surface area contributed by atoms with Crippen LogP contribution in [0.1, 0.15) is 18.1 Å². The summed E-state index contributed by atoms with van der Waals surface area (Å²) in [5, 5.41) is 3.37. The SMILES string of the molecule is Brc1ccc([C@H]2CNCCCO2)cc1. The Hall–Kier alpha value is -0.380. The molecule has 1 fully saturated rings. The highest BCUT2D eigenvalue weighted by Crippen LogP contribution is 2.20. The molecule has 0 aliphatic carbocycles. The number of ether oxygens (including phenoxy) is 1. The van der Waals surface area contributed by atoms with E-state index in [1.807, 2.05) is 0 Å². The van der Waals surface area contributed by atoms with Gasteiger partial charge in [-0.1, -0.05) is 28.1 Å². The van der Waals surface area contributed by atoms with Gasteiger partial charge in [0.2, 0.25) is 0 Å². The van der Waals surface area contributed by atoms with Crippen LogP contribution >= 0.6 is 15.9 Å². The van der Waals surface area contributed by atoms with E-state index in [0.29, 0.717) is 0 Å². The van der Waals surface area contributed by atoms with Crippen molar-refractivity contribution in [3.63, 3.8) is 0 Å². The normalized spacial score (nSPS) is 23.1. The zero-order chi connectivity index (χ0) is 9.80. The topological polar surface area (TPSA) is 21.3 Å². The lowest BCUT2D eigenvalue weighted by molar-refractivity contribution is 0.0669. The molecule has 1 aromatic rings. The molecule has 0 spiro atoms. The summed E-state index contributed by atoms with van der Waals surface area (Å²) in [5.41, 5.74) is 1.25. The first kappa shape index (κ1) is 10.1. The predicted octanol–water partition coefficient (Wildman–Crippen LogP) is 2.50. The molecule has 0 unspecified atom stereocenters. The van der Waals surface area contributed by atoms with Crippen molar-refractivity contribution in [2.75, 3.05) is 19.7 Å². The van der Waals surface area contributed by atoms with Crippen molar-refractivity contribution in [3.8, 4) is 0 Å². The van der Waals surface area contributed by atoms with Crippen LogP contribution in [0.4, 0.5) is 0 Å². The molecule has 1 aliphatic heterocycles. The standard InChI is InChI=1S/C11H14BrNO/c12-10-4-2-9(3-5-10)11-8-13-6-1-7-14-11/h2-5,11,13H,1,6-8H2/t11-/m1/s1. The average molecular weight is 256 g/mol. The number of hydrogen-bond donors (Lipinski definition) is 1. The highest BCUT2D eigenvalue weighted by atomic mass is 79.9. The molecule has 1 aromatic carbocycles. The second-order valence-corrected chi connectivity index (χ2v) is 4.38. The number of nitrogens with one attached hydrogen (secondary N) is 1. The monoisotopic (exact) mass is 255 g/mol. The van der Waals surface area contributed by atoms with Crippen LogP contribution < -0.4 is 5.32 Å². The molecule has 1 N–H and O–H groups in total. The van der Waals surface area contributed by atoms with Crippen LogP contribution in [-0.4, -0.2) is 19.7 Å². The first-order valence-electron chi connectivity index (χ1n) is 4.94. The minimum atomic E-state index is 0.214. The Kier molecular flexibility index (Phi) is 3.56. The maximum absolute atomic E-state index is 5.75. The van der Waals surface area contributed by atoms with Crippen LogP contribution in [0.3, 0.4) is 0 Å². The summed E-state index contributed by atoms with van der Waals surface area (Å²) in [6, 6.07) is 8.34. The van der Waals surface area contributed by atoms with E-state index in [4.69, 9.17) is 4.74 Å². The maximum Gasteiger partial charge on any atom is 0.0949 e. The third-order valence-corrected chi connectivity index (χ3v) is 2.92. The van der Waals surface area contributed by atoms with Crippen LogP contribution in [0, 0.1) is 0 Å². The molecular weight excluding hydrogens is 242 g/mol. The van der Waals surface area contributed by atoms with E-state index in [0.717, 1.165) is 30.6 Å². The Balaban J connectivity index is 2.08. The maximum atomic E-state index is 5.75. The van der Waals surface area contributed by atoms with Gasteiger partial charge in [0.05, 0.1) is 6.10 Å². The van der Waals surface area contributed by atoms with Crippen molar-refractivity contribution in [3.05, 3.63) is 34.3 Å². The molecule has 0 bridgehead atoms. The summed E-state index contributed by atoms with van der Waals surface area (Å²) >= 11 is 3.43. The number of benzene rings is 1. The molecular formula is C11H14BrNO. The molecule has 1 aliphatic rings. The van der Waals surface area contributed by atoms with Crippen LogP contribution in [0.5, 0.6) is 0 Å². The van der Waals surface area contributed by atoms with Gasteiger partial charge in [0.15, 0.2) is 0 Å². The van der Waals surface area contributed by atoms with E-state index in [9.17, 15) is 0 Å². The fourth-order valence-electron chi connectivity index (χ4n) is 1.61. The van der Waals surface area contributed by atoms with Crippen LogP contribution in [0.15, 0.2) is 28.7 Å². The average Bonchev–Trinajstić information content (AvgIpc) is 2.47. The highest BCUT2D eigenvalue weighted by molar-refractivity contribution is 9.10. The van der Waals surface area contributed by atoms with Crippen LogP contribution in [-0.2, 0) is 4.74 Å². The van der Waals surface area contributed by atoms with Gasteiger partial charge in [-0.25, -0.2) is 0 Å². The van der Waals surface area contributed by atoms with E-state index in [1.165, 1.54) is 5.56 Å². The quantitative estimate of drug-likeness (QED) is 0.833. The molecule has 2 nitrogen and oxygen atoms in total. The first-order valence-corrected chi connectivity index (χ1v) is 5.73. The second kappa shape index (κ2) is 4.91. The lowest BCUT2D eigenvalue weighted by atomic mass is 10.1. The van der Waals surface area contributed by atoms with Crippen molar-refractivity contribution < 1.29 is 4.74 Å². The van der Waals surface area contributed by atoms with Crippen molar-refractivity contribution in [1.29, 1.82) is 0 Å². The Morgan fingerprint density at radius 3 is 2.86 bits per heavy atom. The Morgan fingerprint density at radius 2 is 2.07 bits per heavy atom. The van der Waals surface area contributed by atoms with Crippen LogP contribution in [0.25, 0.3) is 0 Å². The Morgan fingerprint density at radius 1 is 1.29 bits per heavy atom. The number of hydrogen-bond acceptors (Lipinski definition) is 2. The lowest BCUT2D eigenvalue weighted by Crippen LogP contribution is -2.19. The van der Waals surface area contributed by atoms with Gasteiger partial charge in [-0.15, -0.1) is 0 Å². The molecule has 76 valence electrons. The van der Waals surface area contributed by atoms with Gasteiger partial charge in [-0.3, -0.25) is 0 Å².